The lowest BCUT2D eigenvalue weighted by molar-refractivity contribution is 0.324. The van der Waals surface area contributed by atoms with Crippen LogP contribution in [0.5, 0.6) is 17.2 Å². The molecule has 0 bridgehead atoms. The van der Waals surface area contributed by atoms with Crippen molar-refractivity contribution in [1.29, 1.82) is 0 Å². The smallest absolute Gasteiger partial charge is 0.203 e. The molecule has 0 saturated heterocycles. The van der Waals surface area contributed by atoms with Crippen LogP contribution in [0.2, 0.25) is 5.02 Å². The van der Waals surface area contributed by atoms with E-state index < -0.39 is 5.82 Å². The summed E-state index contributed by atoms with van der Waals surface area (Å²) in [6.45, 7) is 0. The zero-order valence-electron chi connectivity index (χ0n) is 17.3. The Morgan fingerprint density at radius 2 is 1.78 bits per heavy atom. The highest BCUT2D eigenvalue weighted by atomic mass is 35.5. The first-order valence-electron chi connectivity index (χ1n) is 9.31. The molecule has 164 valence electrons. The number of hydrogen-bond acceptors (Lipinski definition) is 8. The topological polar surface area (TPSA) is 95.2 Å². The van der Waals surface area contributed by atoms with E-state index in [1.54, 1.807) is 36.5 Å². The summed E-state index contributed by atoms with van der Waals surface area (Å²) in [5.41, 5.74) is 4.08. The molecule has 1 N–H and O–H groups in total. The van der Waals surface area contributed by atoms with Gasteiger partial charge in [0.15, 0.2) is 28.8 Å². The Morgan fingerprint density at radius 1 is 1.03 bits per heavy atom. The van der Waals surface area contributed by atoms with Crippen LogP contribution >= 0.6 is 11.6 Å². The number of ether oxygens (including phenoxy) is 3. The highest BCUT2D eigenvalue weighted by molar-refractivity contribution is 6.33. The third-order valence-corrected chi connectivity index (χ3v) is 4.84. The first-order valence-corrected chi connectivity index (χ1v) is 9.69. The van der Waals surface area contributed by atoms with Crippen LogP contribution in [-0.4, -0.2) is 47.4 Å². The number of hydrazone groups is 1. The first kappa shape index (κ1) is 21.3. The Morgan fingerprint density at radius 3 is 2.44 bits per heavy atom. The van der Waals surface area contributed by atoms with Crippen molar-refractivity contribution in [2.24, 2.45) is 5.10 Å². The van der Waals surface area contributed by atoms with Gasteiger partial charge < -0.3 is 14.2 Å². The van der Waals surface area contributed by atoms with Crippen molar-refractivity contribution in [3.8, 4) is 28.6 Å². The molecule has 0 unspecified atom stereocenters. The number of rotatable bonds is 7. The minimum absolute atomic E-state index is 0.118. The standard InChI is InChI=1S/C21H18ClFN6O3/c1-30-15-9-12(10-16(31-2)20(15)32-3)11-24-25-17-7-8-18-26-27-21(29(18)28-17)19-13(22)5-4-6-14(19)23/h4-11H,1-3H3,(H,25,28). The highest BCUT2D eigenvalue weighted by Gasteiger charge is 2.17. The minimum Gasteiger partial charge on any atom is -0.493 e. The van der Waals surface area contributed by atoms with E-state index in [4.69, 9.17) is 25.8 Å². The molecule has 11 heteroatoms. The second-order valence-corrected chi connectivity index (χ2v) is 6.84. The number of aromatic nitrogens is 4. The zero-order valence-corrected chi connectivity index (χ0v) is 18.1. The number of nitrogens with zero attached hydrogens (tertiary/aromatic N) is 5. The number of hydrogen-bond donors (Lipinski definition) is 1. The zero-order chi connectivity index (χ0) is 22.7. The molecular weight excluding hydrogens is 439 g/mol. The van der Waals surface area contributed by atoms with E-state index in [2.05, 4.69) is 25.8 Å². The highest BCUT2D eigenvalue weighted by Crippen LogP contribution is 2.37. The van der Waals surface area contributed by atoms with Crippen molar-refractivity contribution >= 4 is 29.3 Å². The summed E-state index contributed by atoms with van der Waals surface area (Å²) in [6, 6.07) is 11.2. The Hall–Kier alpha value is -3.92. The number of methoxy groups -OCH3 is 3. The van der Waals surface area contributed by atoms with E-state index in [9.17, 15) is 4.39 Å². The van der Waals surface area contributed by atoms with Crippen LogP contribution in [0, 0.1) is 5.82 Å². The fourth-order valence-corrected chi connectivity index (χ4v) is 3.31. The van der Waals surface area contributed by atoms with E-state index in [0.29, 0.717) is 34.3 Å². The van der Waals surface area contributed by atoms with Gasteiger partial charge in [-0.05, 0) is 36.4 Å². The Bertz CT molecular complexity index is 1260. The number of benzene rings is 2. The van der Waals surface area contributed by atoms with E-state index in [-0.39, 0.29) is 16.4 Å². The predicted octanol–water partition coefficient (Wildman–Crippen LogP) is 4.06. The fraction of sp³-hybridized carbons (Fsp3) is 0.143. The fourth-order valence-electron chi connectivity index (χ4n) is 3.06. The normalized spacial score (nSPS) is 11.2. The summed E-state index contributed by atoms with van der Waals surface area (Å²) in [5.74, 6) is 1.54. The lowest BCUT2D eigenvalue weighted by atomic mass is 10.2. The van der Waals surface area contributed by atoms with Crippen LogP contribution in [0.15, 0.2) is 47.6 Å². The molecule has 2 aromatic carbocycles. The summed E-state index contributed by atoms with van der Waals surface area (Å²) in [5, 5.41) is 16.9. The Kier molecular flexibility index (Phi) is 6.04. The van der Waals surface area contributed by atoms with Gasteiger partial charge in [-0.3, -0.25) is 5.43 Å². The largest absolute Gasteiger partial charge is 0.493 e. The molecule has 9 nitrogen and oxygen atoms in total. The number of nitrogens with one attached hydrogen (secondary N) is 1. The van der Waals surface area contributed by atoms with Gasteiger partial charge in [0.2, 0.25) is 5.75 Å². The second-order valence-electron chi connectivity index (χ2n) is 6.44. The average molecular weight is 457 g/mol. The van der Waals surface area contributed by atoms with Crippen LogP contribution in [-0.2, 0) is 0 Å². The molecular formula is C21H18ClFN6O3. The molecule has 0 atom stereocenters. The van der Waals surface area contributed by atoms with Gasteiger partial charge in [0.25, 0.3) is 0 Å². The van der Waals surface area contributed by atoms with E-state index in [1.807, 2.05) is 0 Å². The molecule has 0 aliphatic carbocycles. The van der Waals surface area contributed by atoms with Crippen LogP contribution in [0.1, 0.15) is 5.56 Å². The van der Waals surface area contributed by atoms with Crippen LogP contribution in [0.25, 0.3) is 17.0 Å². The summed E-state index contributed by atoms with van der Waals surface area (Å²) >= 11 is 6.17. The van der Waals surface area contributed by atoms with Gasteiger partial charge in [0.05, 0.1) is 38.1 Å². The number of halogens is 2. The lowest BCUT2D eigenvalue weighted by Crippen LogP contribution is -2.02. The molecule has 0 aliphatic heterocycles. The molecule has 0 amide bonds. The molecule has 0 spiro atoms. The maximum atomic E-state index is 14.3. The molecule has 0 saturated carbocycles. The molecule has 0 radical (unpaired) electrons. The van der Waals surface area contributed by atoms with Crippen molar-refractivity contribution < 1.29 is 18.6 Å². The third-order valence-electron chi connectivity index (χ3n) is 4.53. The van der Waals surface area contributed by atoms with Crippen LogP contribution < -0.4 is 19.6 Å². The van der Waals surface area contributed by atoms with Crippen molar-refractivity contribution in [2.45, 2.75) is 0 Å². The van der Waals surface area contributed by atoms with Crippen molar-refractivity contribution in [3.05, 3.63) is 58.9 Å². The Balaban J connectivity index is 1.63. The van der Waals surface area contributed by atoms with Gasteiger partial charge in [-0.1, -0.05) is 17.7 Å². The maximum Gasteiger partial charge on any atom is 0.203 e. The molecule has 2 heterocycles. The summed E-state index contributed by atoms with van der Waals surface area (Å²) < 4.78 is 31.7. The molecule has 32 heavy (non-hydrogen) atoms. The van der Waals surface area contributed by atoms with E-state index in [1.165, 1.54) is 38.0 Å². The average Bonchev–Trinajstić information content (AvgIpc) is 3.21. The van der Waals surface area contributed by atoms with Gasteiger partial charge in [-0.25, -0.2) is 4.39 Å². The Labute approximate surface area is 187 Å². The van der Waals surface area contributed by atoms with Gasteiger partial charge in [-0.15, -0.1) is 15.3 Å². The molecule has 2 aromatic heterocycles. The number of anilines is 1. The van der Waals surface area contributed by atoms with E-state index in [0.717, 1.165) is 0 Å². The number of fused-ring (bicyclic) bond motifs is 1. The van der Waals surface area contributed by atoms with Crippen LogP contribution in [0.3, 0.4) is 0 Å². The maximum absolute atomic E-state index is 14.3. The predicted molar refractivity (Wildman–Crippen MR) is 119 cm³/mol. The van der Waals surface area contributed by atoms with Gasteiger partial charge in [0.1, 0.15) is 5.82 Å². The van der Waals surface area contributed by atoms with Crippen molar-refractivity contribution in [2.75, 3.05) is 26.8 Å². The minimum atomic E-state index is -0.521. The molecule has 0 aliphatic rings. The quantitative estimate of drug-likeness (QED) is 0.331. The lowest BCUT2D eigenvalue weighted by Gasteiger charge is -2.12. The monoisotopic (exact) mass is 456 g/mol. The summed E-state index contributed by atoms with van der Waals surface area (Å²) in [7, 11) is 4.60. The molecule has 4 rings (SSSR count). The summed E-state index contributed by atoms with van der Waals surface area (Å²) in [4.78, 5) is 0. The van der Waals surface area contributed by atoms with E-state index >= 15 is 0 Å². The SMILES string of the molecule is COc1cc(C=NNc2ccc3nnc(-c4c(F)cccc4Cl)n3n2)cc(OC)c1OC. The van der Waals surface area contributed by atoms with Crippen molar-refractivity contribution in [1.82, 2.24) is 19.8 Å². The van der Waals surface area contributed by atoms with Gasteiger partial charge in [0, 0.05) is 5.56 Å². The van der Waals surface area contributed by atoms with Gasteiger partial charge >= 0.3 is 0 Å². The summed E-state index contributed by atoms with van der Waals surface area (Å²) in [6.07, 6.45) is 1.57. The third kappa shape index (κ3) is 4.00. The molecule has 0 fully saturated rings. The van der Waals surface area contributed by atoms with Gasteiger partial charge in [-0.2, -0.15) is 9.62 Å². The molecule has 4 aromatic rings. The first-order chi connectivity index (χ1) is 15.5. The van der Waals surface area contributed by atoms with Crippen molar-refractivity contribution in [3.63, 3.8) is 0 Å². The second kappa shape index (κ2) is 9.06. The van der Waals surface area contributed by atoms with Crippen LogP contribution in [0.4, 0.5) is 10.2 Å².